The maximum atomic E-state index is 10.8. The number of carbonyl (C=O) groups is 1. The van der Waals surface area contributed by atoms with Crippen LogP contribution in [0.5, 0.6) is 0 Å². The molecular weight excluding hydrogens is 226 g/mol. The number of thioether (sulfide) groups is 1. The molecule has 0 fully saturated rings. The van der Waals surface area contributed by atoms with Crippen LogP contribution in [-0.4, -0.2) is 28.0 Å². The van der Waals surface area contributed by atoms with Crippen LogP contribution >= 0.6 is 11.8 Å². The van der Waals surface area contributed by atoms with E-state index in [2.05, 4.69) is 0 Å². The summed E-state index contributed by atoms with van der Waals surface area (Å²) >= 11 is 1.48. The molecule has 88 valence electrons. The van der Waals surface area contributed by atoms with E-state index in [-0.39, 0.29) is 17.4 Å². The van der Waals surface area contributed by atoms with Crippen molar-refractivity contribution in [3.63, 3.8) is 0 Å². The summed E-state index contributed by atoms with van der Waals surface area (Å²) < 4.78 is 0. The smallest absolute Gasteiger partial charge is 0.335 e. The molecule has 0 spiro atoms. The summed E-state index contributed by atoms with van der Waals surface area (Å²) in [5.74, 6) is -0.961. The van der Waals surface area contributed by atoms with Crippen molar-refractivity contribution in [1.82, 2.24) is 0 Å². The monoisotopic (exact) mass is 241 g/mol. The first kappa shape index (κ1) is 12.9. The number of benzene rings is 1. The minimum atomic E-state index is -0.961. The van der Waals surface area contributed by atoms with Gasteiger partial charge in [0.05, 0.1) is 5.56 Å². The van der Waals surface area contributed by atoms with Gasteiger partial charge in [-0.25, -0.2) is 4.79 Å². The molecule has 0 heterocycles. The van der Waals surface area contributed by atoms with Gasteiger partial charge in [-0.2, -0.15) is 0 Å². The number of aliphatic hydroxyl groups excluding tert-OH is 1. The van der Waals surface area contributed by atoms with E-state index in [0.29, 0.717) is 12.1 Å². The Hall–Kier alpha value is -1.20. The lowest BCUT2D eigenvalue weighted by Crippen LogP contribution is -2.02. The lowest BCUT2D eigenvalue weighted by molar-refractivity contribution is 0.0696. The first-order valence-electron chi connectivity index (χ1n) is 4.95. The van der Waals surface area contributed by atoms with Gasteiger partial charge < -0.3 is 15.9 Å². The van der Waals surface area contributed by atoms with Crippen molar-refractivity contribution in [1.29, 1.82) is 0 Å². The summed E-state index contributed by atoms with van der Waals surface area (Å²) in [7, 11) is 0. The lowest BCUT2D eigenvalue weighted by Gasteiger charge is -2.11. The molecule has 0 aliphatic rings. The molecule has 1 unspecified atom stereocenters. The summed E-state index contributed by atoms with van der Waals surface area (Å²) in [4.78, 5) is 11.5. The Morgan fingerprint density at radius 2 is 2.25 bits per heavy atom. The number of carboxylic acid groups (broad SMARTS) is 1. The fourth-order valence-electron chi connectivity index (χ4n) is 1.23. The standard InChI is InChI=1S/C11H15NO3S/c1-7(4-5-13)16-10-6-8(11(14)15)2-3-9(10)12/h2-3,6-7,13H,4-5,12H2,1H3,(H,14,15). The average Bonchev–Trinajstić information content (AvgIpc) is 2.21. The van der Waals surface area contributed by atoms with Gasteiger partial charge in [-0.15, -0.1) is 11.8 Å². The van der Waals surface area contributed by atoms with Crippen molar-refractivity contribution in [2.45, 2.75) is 23.5 Å². The molecule has 4 N–H and O–H groups in total. The molecule has 16 heavy (non-hydrogen) atoms. The molecule has 1 rings (SSSR count). The molecule has 0 radical (unpaired) electrons. The molecule has 0 aromatic heterocycles. The molecule has 0 amide bonds. The molecule has 0 bridgehead atoms. The van der Waals surface area contributed by atoms with Crippen LogP contribution in [0, 0.1) is 0 Å². The Balaban J connectivity index is 2.85. The van der Waals surface area contributed by atoms with Crippen LogP contribution in [-0.2, 0) is 0 Å². The van der Waals surface area contributed by atoms with Crippen LogP contribution in [0.2, 0.25) is 0 Å². The van der Waals surface area contributed by atoms with Crippen molar-refractivity contribution >= 4 is 23.4 Å². The summed E-state index contributed by atoms with van der Waals surface area (Å²) in [6.45, 7) is 2.08. The van der Waals surface area contributed by atoms with Crippen LogP contribution in [0.3, 0.4) is 0 Å². The number of aromatic carboxylic acids is 1. The minimum absolute atomic E-state index is 0.118. The van der Waals surface area contributed by atoms with Crippen molar-refractivity contribution in [3.05, 3.63) is 23.8 Å². The fourth-order valence-corrected chi connectivity index (χ4v) is 2.28. The van der Waals surface area contributed by atoms with E-state index in [9.17, 15) is 4.79 Å². The van der Waals surface area contributed by atoms with Gasteiger partial charge in [0.15, 0.2) is 0 Å². The van der Waals surface area contributed by atoms with E-state index in [1.807, 2.05) is 6.92 Å². The van der Waals surface area contributed by atoms with Crippen LogP contribution in [0.1, 0.15) is 23.7 Å². The van der Waals surface area contributed by atoms with Crippen LogP contribution in [0.25, 0.3) is 0 Å². The number of hydrogen-bond donors (Lipinski definition) is 3. The maximum Gasteiger partial charge on any atom is 0.335 e. The van der Waals surface area contributed by atoms with E-state index < -0.39 is 5.97 Å². The second-order valence-electron chi connectivity index (χ2n) is 3.50. The zero-order chi connectivity index (χ0) is 12.1. The third-order valence-electron chi connectivity index (χ3n) is 2.12. The second-order valence-corrected chi connectivity index (χ2v) is 4.98. The Morgan fingerprint density at radius 3 is 2.81 bits per heavy atom. The predicted molar refractivity (Wildman–Crippen MR) is 64.8 cm³/mol. The number of aliphatic hydroxyl groups is 1. The summed E-state index contributed by atoms with van der Waals surface area (Å²) in [5.41, 5.74) is 6.56. The van der Waals surface area contributed by atoms with Gasteiger partial charge in [0.1, 0.15) is 0 Å². The van der Waals surface area contributed by atoms with Crippen LogP contribution < -0.4 is 5.73 Å². The summed E-state index contributed by atoms with van der Waals surface area (Å²) in [5, 5.41) is 17.8. The van der Waals surface area contributed by atoms with Gasteiger partial charge in [-0.3, -0.25) is 0 Å². The molecule has 0 saturated carbocycles. The molecule has 1 aromatic carbocycles. The highest BCUT2D eigenvalue weighted by Gasteiger charge is 2.10. The highest BCUT2D eigenvalue weighted by Crippen LogP contribution is 2.30. The molecule has 1 atom stereocenters. The molecule has 0 aliphatic carbocycles. The van der Waals surface area contributed by atoms with Gasteiger partial charge in [-0.05, 0) is 24.6 Å². The Morgan fingerprint density at radius 1 is 1.56 bits per heavy atom. The maximum absolute atomic E-state index is 10.8. The van der Waals surface area contributed by atoms with Gasteiger partial charge in [-0.1, -0.05) is 6.92 Å². The topological polar surface area (TPSA) is 83.5 Å². The van der Waals surface area contributed by atoms with Crippen molar-refractivity contribution in [2.75, 3.05) is 12.3 Å². The van der Waals surface area contributed by atoms with E-state index in [4.69, 9.17) is 15.9 Å². The predicted octanol–water partition coefficient (Wildman–Crippen LogP) is 1.83. The Kier molecular flexibility index (Phi) is 4.64. The normalized spacial score (nSPS) is 12.4. The van der Waals surface area contributed by atoms with Gasteiger partial charge in [0, 0.05) is 22.4 Å². The van der Waals surface area contributed by atoms with E-state index >= 15 is 0 Å². The van der Waals surface area contributed by atoms with Crippen LogP contribution in [0.15, 0.2) is 23.1 Å². The molecule has 0 aliphatic heterocycles. The quantitative estimate of drug-likeness (QED) is 0.541. The first-order valence-corrected chi connectivity index (χ1v) is 5.83. The number of rotatable bonds is 5. The number of anilines is 1. The molecule has 1 aromatic rings. The third-order valence-corrected chi connectivity index (χ3v) is 3.37. The number of hydrogen-bond acceptors (Lipinski definition) is 4. The number of carboxylic acids is 1. The fraction of sp³-hybridized carbons (Fsp3) is 0.364. The minimum Gasteiger partial charge on any atom is -0.478 e. The zero-order valence-electron chi connectivity index (χ0n) is 9.01. The largest absolute Gasteiger partial charge is 0.478 e. The van der Waals surface area contributed by atoms with Crippen LogP contribution in [0.4, 0.5) is 5.69 Å². The van der Waals surface area contributed by atoms with Gasteiger partial charge in [0.2, 0.25) is 0 Å². The SMILES string of the molecule is CC(CCO)Sc1cc(C(=O)O)ccc1N. The zero-order valence-corrected chi connectivity index (χ0v) is 9.83. The van der Waals surface area contributed by atoms with Gasteiger partial charge >= 0.3 is 5.97 Å². The van der Waals surface area contributed by atoms with Crippen molar-refractivity contribution < 1.29 is 15.0 Å². The van der Waals surface area contributed by atoms with E-state index in [1.165, 1.54) is 17.8 Å². The summed E-state index contributed by atoms with van der Waals surface area (Å²) in [6, 6.07) is 4.64. The van der Waals surface area contributed by atoms with Crippen molar-refractivity contribution in [3.8, 4) is 0 Å². The lowest BCUT2D eigenvalue weighted by atomic mass is 10.2. The number of nitrogens with two attached hydrogens (primary N) is 1. The Labute approximate surface area is 98.5 Å². The highest BCUT2D eigenvalue weighted by molar-refractivity contribution is 8.00. The summed E-state index contributed by atoms with van der Waals surface area (Å²) in [6.07, 6.45) is 0.654. The molecule has 5 heteroatoms. The number of nitrogen functional groups attached to an aromatic ring is 1. The molecular formula is C11H15NO3S. The van der Waals surface area contributed by atoms with E-state index in [0.717, 1.165) is 4.90 Å². The van der Waals surface area contributed by atoms with E-state index in [1.54, 1.807) is 12.1 Å². The van der Waals surface area contributed by atoms with Gasteiger partial charge in [0.25, 0.3) is 0 Å². The highest BCUT2D eigenvalue weighted by atomic mass is 32.2. The first-order chi connectivity index (χ1) is 7.54. The third kappa shape index (κ3) is 3.43. The second kappa shape index (κ2) is 5.77. The van der Waals surface area contributed by atoms with Crippen molar-refractivity contribution in [2.24, 2.45) is 0 Å². The molecule has 0 saturated heterocycles. The Bertz CT molecular complexity index is 381. The molecule has 4 nitrogen and oxygen atoms in total. The average molecular weight is 241 g/mol.